The van der Waals surface area contributed by atoms with Crippen molar-refractivity contribution < 1.29 is 9.53 Å². The topological polar surface area (TPSA) is 38.7 Å². The number of carbonyl (C=O) groups is 1. The van der Waals surface area contributed by atoms with Gasteiger partial charge < -0.3 is 4.74 Å². The molecular weight excluding hydrogens is 210 g/mol. The van der Waals surface area contributed by atoms with E-state index in [0.29, 0.717) is 18.2 Å². The molecule has 0 aromatic heterocycles. The van der Waals surface area contributed by atoms with Gasteiger partial charge in [-0.15, -0.1) is 0 Å². The second kappa shape index (κ2) is 4.49. The fourth-order valence-electron chi connectivity index (χ4n) is 1.33. The van der Waals surface area contributed by atoms with Gasteiger partial charge in [-0.05, 0) is 18.6 Å². The first-order valence-electron chi connectivity index (χ1n) is 4.78. The lowest BCUT2D eigenvalue weighted by Gasteiger charge is -2.13. The summed E-state index contributed by atoms with van der Waals surface area (Å²) in [5, 5.41) is 0.454. The normalized spacial score (nSPS) is 14.1. The molecule has 3 nitrogen and oxygen atoms in total. The summed E-state index contributed by atoms with van der Waals surface area (Å²) in [6, 6.07) is 7.95. The van der Waals surface area contributed by atoms with Gasteiger partial charge in [-0.1, -0.05) is 30.0 Å². The Hall–Kier alpha value is -1.29. The Bertz CT molecular complexity index is 415. The van der Waals surface area contributed by atoms with Crippen LogP contribution in [0, 0.1) is 0 Å². The molecule has 4 heteroatoms. The first-order valence-corrected chi connectivity index (χ1v) is 5.60. The van der Waals surface area contributed by atoms with Crippen molar-refractivity contribution in [2.75, 3.05) is 6.61 Å². The third-order valence-corrected chi connectivity index (χ3v) is 3.13. The maximum atomic E-state index is 11.4. The van der Waals surface area contributed by atoms with Gasteiger partial charge >= 0.3 is 5.97 Å². The molecule has 0 saturated carbocycles. The van der Waals surface area contributed by atoms with Crippen LogP contribution in [0.5, 0.6) is 0 Å². The zero-order chi connectivity index (χ0) is 10.7. The largest absolute Gasteiger partial charge is 0.461 e. The van der Waals surface area contributed by atoms with E-state index in [1.807, 2.05) is 24.3 Å². The van der Waals surface area contributed by atoms with E-state index in [-0.39, 0.29) is 5.97 Å². The van der Waals surface area contributed by atoms with Crippen molar-refractivity contribution in [2.45, 2.75) is 18.4 Å². The fraction of sp³-hybridized carbons (Fsp3) is 0.273. The maximum absolute atomic E-state index is 11.4. The number of hydrogen-bond donors (Lipinski definition) is 0. The zero-order valence-electron chi connectivity index (χ0n) is 8.40. The summed E-state index contributed by atoms with van der Waals surface area (Å²) in [6.07, 6.45) is 0. The lowest BCUT2D eigenvalue weighted by atomic mass is 10.2. The number of benzene rings is 1. The number of hydrogen-bond acceptors (Lipinski definition) is 4. The van der Waals surface area contributed by atoms with Gasteiger partial charge in [-0.2, -0.15) is 0 Å². The number of carbonyl (C=O) groups excluding carboxylic acids is 1. The molecule has 0 N–H and O–H groups in total. The number of rotatable bonds is 2. The highest BCUT2D eigenvalue weighted by Gasteiger charge is 2.19. The quantitative estimate of drug-likeness (QED) is 0.719. The molecule has 0 aliphatic carbocycles. The summed E-state index contributed by atoms with van der Waals surface area (Å²) >= 11 is 1.38. The van der Waals surface area contributed by atoms with E-state index < -0.39 is 0 Å². The summed E-state index contributed by atoms with van der Waals surface area (Å²) in [4.78, 5) is 16.7. The number of thioether (sulfide) groups is 1. The predicted molar refractivity (Wildman–Crippen MR) is 60.1 cm³/mol. The number of ether oxygens (including phenoxy) is 1. The zero-order valence-corrected chi connectivity index (χ0v) is 9.21. The summed E-state index contributed by atoms with van der Waals surface area (Å²) in [7, 11) is 0. The molecule has 1 aromatic carbocycles. The van der Waals surface area contributed by atoms with E-state index in [2.05, 4.69) is 4.99 Å². The molecule has 0 radical (unpaired) electrons. The van der Waals surface area contributed by atoms with Crippen LogP contribution in [0.4, 0.5) is 0 Å². The first-order chi connectivity index (χ1) is 7.31. The molecule has 0 unspecified atom stereocenters. The lowest BCUT2D eigenvalue weighted by molar-refractivity contribution is -0.134. The average Bonchev–Trinajstić information content (AvgIpc) is 2.29. The minimum absolute atomic E-state index is 0.322. The average molecular weight is 221 g/mol. The first kappa shape index (κ1) is 10.2. The predicted octanol–water partition coefficient (Wildman–Crippen LogP) is 2.25. The molecule has 78 valence electrons. The van der Waals surface area contributed by atoms with E-state index in [4.69, 9.17) is 4.74 Å². The van der Waals surface area contributed by atoms with Gasteiger partial charge in [0, 0.05) is 4.90 Å². The minimum Gasteiger partial charge on any atom is -0.461 e. The molecule has 1 aliphatic rings. The number of nitrogens with zero attached hydrogens (tertiary/aromatic N) is 1. The van der Waals surface area contributed by atoms with Gasteiger partial charge in [0.05, 0.1) is 13.2 Å². The summed E-state index contributed by atoms with van der Waals surface area (Å²) in [6.45, 7) is 2.75. The van der Waals surface area contributed by atoms with Crippen molar-refractivity contribution in [1.82, 2.24) is 0 Å². The van der Waals surface area contributed by atoms with Gasteiger partial charge in [-0.25, -0.2) is 4.79 Å². The third kappa shape index (κ3) is 2.21. The minimum atomic E-state index is -0.322. The van der Waals surface area contributed by atoms with E-state index in [9.17, 15) is 4.79 Å². The van der Waals surface area contributed by atoms with Crippen molar-refractivity contribution in [1.29, 1.82) is 0 Å². The van der Waals surface area contributed by atoms with Crippen LogP contribution < -0.4 is 0 Å². The molecule has 0 amide bonds. The second-order valence-electron chi connectivity index (χ2n) is 3.05. The van der Waals surface area contributed by atoms with Crippen LogP contribution in [0.3, 0.4) is 0 Å². The molecule has 0 bridgehead atoms. The molecule has 1 heterocycles. The molecule has 0 saturated heterocycles. The molecule has 0 atom stereocenters. The van der Waals surface area contributed by atoms with Crippen molar-refractivity contribution >= 4 is 22.8 Å². The van der Waals surface area contributed by atoms with Gasteiger partial charge in [0.15, 0.2) is 5.04 Å². The van der Waals surface area contributed by atoms with Gasteiger partial charge in [0.2, 0.25) is 0 Å². The standard InChI is InChI=1S/C11H11NO2S/c1-2-14-11(13)10-12-7-8-5-3-4-6-9(8)15-10/h3-6H,2,7H2,1H3. The van der Waals surface area contributed by atoms with Crippen LogP contribution in [0.15, 0.2) is 34.2 Å². The molecule has 1 aliphatic heterocycles. The van der Waals surface area contributed by atoms with Crippen molar-refractivity contribution in [3.63, 3.8) is 0 Å². The van der Waals surface area contributed by atoms with Gasteiger partial charge in [0.1, 0.15) is 0 Å². The van der Waals surface area contributed by atoms with Crippen LogP contribution in [-0.2, 0) is 16.1 Å². The van der Waals surface area contributed by atoms with Crippen molar-refractivity contribution in [3.05, 3.63) is 29.8 Å². The Morgan fingerprint density at radius 3 is 3.13 bits per heavy atom. The van der Waals surface area contributed by atoms with E-state index in [0.717, 1.165) is 10.5 Å². The van der Waals surface area contributed by atoms with Gasteiger partial charge in [0.25, 0.3) is 0 Å². The number of fused-ring (bicyclic) bond motifs is 1. The Morgan fingerprint density at radius 1 is 1.53 bits per heavy atom. The number of aliphatic imine (C=N–C) groups is 1. The monoisotopic (exact) mass is 221 g/mol. The second-order valence-corrected chi connectivity index (χ2v) is 4.08. The van der Waals surface area contributed by atoms with Crippen LogP contribution in [-0.4, -0.2) is 17.6 Å². The summed E-state index contributed by atoms with van der Waals surface area (Å²) in [5.74, 6) is -0.322. The van der Waals surface area contributed by atoms with Crippen molar-refractivity contribution in [2.24, 2.45) is 4.99 Å². The SMILES string of the molecule is CCOC(=O)C1=NCc2ccccc2S1. The van der Waals surface area contributed by atoms with Crippen LogP contribution in [0.25, 0.3) is 0 Å². The van der Waals surface area contributed by atoms with E-state index >= 15 is 0 Å². The van der Waals surface area contributed by atoms with E-state index in [1.165, 1.54) is 11.8 Å². The molecule has 0 fully saturated rings. The maximum Gasteiger partial charge on any atom is 0.363 e. The highest BCUT2D eigenvalue weighted by atomic mass is 32.2. The number of esters is 1. The fourth-order valence-corrected chi connectivity index (χ4v) is 2.22. The molecular formula is C11H11NO2S. The Kier molecular flexibility index (Phi) is 3.06. The lowest BCUT2D eigenvalue weighted by Crippen LogP contribution is -2.16. The Labute approximate surface area is 92.5 Å². The Morgan fingerprint density at radius 2 is 2.33 bits per heavy atom. The van der Waals surface area contributed by atoms with Crippen LogP contribution >= 0.6 is 11.8 Å². The highest BCUT2D eigenvalue weighted by molar-refractivity contribution is 8.15. The third-order valence-electron chi connectivity index (χ3n) is 2.02. The molecule has 1 aromatic rings. The Balaban J connectivity index is 2.16. The summed E-state index contributed by atoms with van der Waals surface area (Å²) in [5.41, 5.74) is 1.16. The van der Waals surface area contributed by atoms with E-state index in [1.54, 1.807) is 6.92 Å². The van der Waals surface area contributed by atoms with Gasteiger partial charge in [-0.3, -0.25) is 4.99 Å². The molecule has 2 rings (SSSR count). The highest BCUT2D eigenvalue weighted by Crippen LogP contribution is 2.29. The van der Waals surface area contributed by atoms with Crippen LogP contribution in [0.1, 0.15) is 12.5 Å². The smallest absolute Gasteiger partial charge is 0.363 e. The van der Waals surface area contributed by atoms with Crippen LogP contribution in [0.2, 0.25) is 0 Å². The molecule has 0 spiro atoms. The molecule has 15 heavy (non-hydrogen) atoms. The van der Waals surface area contributed by atoms with Crippen molar-refractivity contribution in [3.8, 4) is 0 Å². The summed E-state index contributed by atoms with van der Waals surface area (Å²) < 4.78 is 4.91.